The quantitative estimate of drug-likeness (QED) is 0.153. The number of fused-ring (bicyclic) bond motifs is 8. The van der Waals surface area contributed by atoms with Crippen molar-refractivity contribution >= 4 is 68.6 Å². The van der Waals surface area contributed by atoms with Crippen LogP contribution in [0.2, 0.25) is 0 Å². The first-order valence-corrected chi connectivity index (χ1v) is 21.8. The molecule has 8 aromatic rings. The molecule has 4 unspecified atom stereocenters. The highest BCUT2D eigenvalue weighted by molar-refractivity contribution is 6.23. The summed E-state index contributed by atoms with van der Waals surface area (Å²) in [6.07, 6.45) is 1.24. The third-order valence-corrected chi connectivity index (χ3v) is 13.8. The Morgan fingerprint density at radius 1 is 0.400 bits per heavy atom. The van der Waals surface area contributed by atoms with Crippen LogP contribution >= 0.6 is 0 Å². The van der Waals surface area contributed by atoms with E-state index < -0.39 is 23.7 Å². The van der Waals surface area contributed by atoms with Crippen molar-refractivity contribution in [3.8, 4) is 11.5 Å². The number of nitrogens with zero attached hydrogens (tertiary/aromatic N) is 4. The van der Waals surface area contributed by atoms with E-state index in [9.17, 15) is 28.8 Å². The molecule has 2 aliphatic carbocycles. The average molecular weight is 855 g/mol. The molecule has 4 heterocycles. The van der Waals surface area contributed by atoms with E-state index in [1.54, 1.807) is 81.9 Å². The molecule has 0 N–H and O–H groups in total. The summed E-state index contributed by atoms with van der Waals surface area (Å²) < 4.78 is 9.59. The van der Waals surface area contributed by atoms with Gasteiger partial charge in [-0.25, -0.2) is 0 Å². The SMILES string of the molecule is O=C1C2Cc3c(n(C(=O)c4ccccc4)c4ccccc34)CC2C(=O)N1c1ccc(Oc2ccc(N3C(=O)C4Cc5c(n(C(=O)c6ccccc6)c6ccccc56)CC4C3=O)cc2)cc1. The lowest BCUT2D eigenvalue weighted by molar-refractivity contribution is -0.124. The van der Waals surface area contributed by atoms with E-state index in [4.69, 9.17) is 4.74 Å². The van der Waals surface area contributed by atoms with Crippen molar-refractivity contribution in [3.05, 3.63) is 191 Å². The van der Waals surface area contributed by atoms with Crippen molar-refractivity contribution in [2.24, 2.45) is 23.7 Å². The van der Waals surface area contributed by atoms with Crippen molar-refractivity contribution in [3.63, 3.8) is 0 Å². The monoisotopic (exact) mass is 854 g/mol. The molecule has 2 saturated heterocycles. The van der Waals surface area contributed by atoms with E-state index in [-0.39, 0.29) is 48.3 Å². The zero-order valence-electron chi connectivity index (χ0n) is 34.8. The van der Waals surface area contributed by atoms with Crippen LogP contribution in [-0.4, -0.2) is 44.6 Å². The van der Waals surface area contributed by atoms with Crippen LogP contribution in [0.5, 0.6) is 11.5 Å². The Bertz CT molecular complexity index is 3110. The summed E-state index contributed by atoms with van der Waals surface area (Å²) in [4.78, 5) is 86.5. The number of amides is 4. The van der Waals surface area contributed by atoms with Crippen molar-refractivity contribution in [1.29, 1.82) is 0 Å². The second-order valence-corrected chi connectivity index (χ2v) is 17.3. The van der Waals surface area contributed by atoms with Crippen LogP contribution in [0.3, 0.4) is 0 Å². The second kappa shape index (κ2) is 14.7. The van der Waals surface area contributed by atoms with Crippen molar-refractivity contribution in [2.45, 2.75) is 25.7 Å². The van der Waals surface area contributed by atoms with Crippen LogP contribution in [0.4, 0.5) is 11.4 Å². The zero-order valence-corrected chi connectivity index (χ0v) is 34.8. The molecule has 0 radical (unpaired) electrons. The van der Waals surface area contributed by atoms with Crippen molar-refractivity contribution in [1.82, 2.24) is 9.13 Å². The van der Waals surface area contributed by atoms with E-state index >= 15 is 0 Å². The predicted molar refractivity (Wildman–Crippen MR) is 243 cm³/mol. The zero-order chi connectivity index (χ0) is 44.1. The molecule has 4 aliphatic rings. The maximum atomic E-state index is 14.1. The van der Waals surface area contributed by atoms with Gasteiger partial charge in [-0.15, -0.1) is 0 Å². The number of carbonyl (C=O) groups excluding carboxylic acids is 6. The molecule has 2 fully saturated rings. The lowest BCUT2D eigenvalue weighted by Gasteiger charge is -2.23. The average Bonchev–Trinajstić information content (AvgIpc) is 4.01. The highest BCUT2D eigenvalue weighted by atomic mass is 16.5. The summed E-state index contributed by atoms with van der Waals surface area (Å²) in [6, 6.07) is 47.0. The number of carbonyl (C=O) groups is 6. The Morgan fingerprint density at radius 3 is 1.12 bits per heavy atom. The molecule has 0 bridgehead atoms. The van der Waals surface area contributed by atoms with E-state index in [0.29, 0.717) is 46.8 Å². The van der Waals surface area contributed by atoms with E-state index in [2.05, 4.69) is 0 Å². The van der Waals surface area contributed by atoms with E-state index in [1.165, 1.54) is 9.80 Å². The normalized spacial score (nSPS) is 19.9. The minimum absolute atomic E-state index is 0.172. The Balaban J connectivity index is 0.750. The number of hydrogen-bond donors (Lipinski definition) is 0. The molecule has 316 valence electrons. The molecule has 0 spiro atoms. The molecular formula is C54H38N4O7. The van der Waals surface area contributed by atoms with Crippen LogP contribution in [0.1, 0.15) is 43.2 Å². The van der Waals surface area contributed by atoms with Gasteiger partial charge in [0.15, 0.2) is 0 Å². The Labute approximate surface area is 372 Å². The summed E-state index contributed by atoms with van der Waals surface area (Å²) >= 11 is 0. The molecule has 6 aromatic carbocycles. The van der Waals surface area contributed by atoms with Gasteiger partial charge >= 0.3 is 0 Å². The lowest BCUT2D eigenvalue weighted by Crippen LogP contribution is -2.31. The van der Waals surface area contributed by atoms with Gasteiger partial charge in [0, 0.05) is 46.1 Å². The van der Waals surface area contributed by atoms with Gasteiger partial charge in [-0.1, -0.05) is 72.8 Å². The number of imide groups is 2. The fourth-order valence-corrected chi connectivity index (χ4v) is 10.8. The maximum Gasteiger partial charge on any atom is 0.262 e. The summed E-state index contributed by atoms with van der Waals surface area (Å²) in [6.45, 7) is 0. The van der Waals surface area contributed by atoms with Gasteiger partial charge in [0.1, 0.15) is 11.5 Å². The first-order valence-electron chi connectivity index (χ1n) is 21.8. The summed E-state index contributed by atoms with van der Waals surface area (Å²) in [5.41, 5.74) is 6.87. The number of rotatable bonds is 6. The molecule has 4 amide bonds. The summed E-state index contributed by atoms with van der Waals surface area (Å²) in [5.74, 6) is -2.89. The van der Waals surface area contributed by atoms with Gasteiger partial charge in [0.2, 0.25) is 23.6 Å². The number of anilines is 2. The van der Waals surface area contributed by atoms with Gasteiger partial charge in [0.05, 0.1) is 46.1 Å². The number of hydrogen-bond acceptors (Lipinski definition) is 7. The predicted octanol–water partition coefficient (Wildman–Crippen LogP) is 8.57. The molecular weight excluding hydrogens is 817 g/mol. The fraction of sp³-hybridized carbons (Fsp3) is 0.148. The molecule has 11 heteroatoms. The lowest BCUT2D eigenvalue weighted by atomic mass is 9.79. The molecule has 12 rings (SSSR count). The van der Waals surface area contributed by atoms with Crippen molar-refractivity contribution < 1.29 is 33.5 Å². The smallest absolute Gasteiger partial charge is 0.262 e. The van der Waals surface area contributed by atoms with Crippen LogP contribution < -0.4 is 14.5 Å². The number of aromatic nitrogens is 2. The Hall–Kier alpha value is -8.18. The number of para-hydroxylation sites is 2. The van der Waals surface area contributed by atoms with Crippen LogP contribution in [0, 0.1) is 23.7 Å². The third-order valence-electron chi connectivity index (χ3n) is 13.8. The minimum Gasteiger partial charge on any atom is -0.457 e. The van der Waals surface area contributed by atoms with Crippen LogP contribution in [0.25, 0.3) is 21.8 Å². The third kappa shape index (κ3) is 5.88. The topological polar surface area (TPSA) is 128 Å². The van der Waals surface area contributed by atoms with Gasteiger partial charge in [-0.3, -0.25) is 47.7 Å². The number of ether oxygens (including phenoxy) is 1. The standard InChI is InChI=1S/C54H38N4O7/c59-49(31-11-3-1-4-12-31)57-45-17-9-7-15-37(45)39-27-41-43(29-47(39)57)53(63)55(51(41)61)33-19-23-35(24-20-33)65-36-25-21-34(22-26-36)56-52(62)42-28-40-38-16-8-10-18-46(38)58(48(40)30-44(42)54(56)64)50(60)32-13-5-2-6-14-32/h1-26,41-44H,27-30H2. The molecule has 11 nitrogen and oxygen atoms in total. The first kappa shape index (κ1) is 38.5. The van der Waals surface area contributed by atoms with Crippen LogP contribution in [0.15, 0.2) is 158 Å². The van der Waals surface area contributed by atoms with Gasteiger partial charge in [0.25, 0.3) is 11.8 Å². The van der Waals surface area contributed by atoms with Gasteiger partial charge in [-0.05, 0) is 109 Å². The second-order valence-electron chi connectivity index (χ2n) is 17.3. The Morgan fingerprint density at radius 2 is 0.738 bits per heavy atom. The highest BCUT2D eigenvalue weighted by Gasteiger charge is 2.53. The number of benzene rings is 6. The van der Waals surface area contributed by atoms with Crippen LogP contribution in [-0.2, 0) is 44.9 Å². The maximum absolute atomic E-state index is 14.1. The largest absolute Gasteiger partial charge is 0.457 e. The minimum atomic E-state index is -0.609. The summed E-state index contributed by atoms with van der Waals surface area (Å²) in [5, 5.41) is 1.82. The fourth-order valence-electron chi connectivity index (χ4n) is 10.8. The Kier molecular flexibility index (Phi) is 8.71. The first-order chi connectivity index (χ1) is 31.7. The molecule has 0 saturated carbocycles. The van der Waals surface area contributed by atoms with Gasteiger partial charge in [-0.2, -0.15) is 0 Å². The molecule has 65 heavy (non-hydrogen) atoms. The molecule has 2 aliphatic heterocycles. The molecule has 4 atom stereocenters. The summed E-state index contributed by atoms with van der Waals surface area (Å²) in [7, 11) is 0. The van der Waals surface area contributed by atoms with E-state index in [1.807, 2.05) is 84.9 Å². The van der Waals surface area contributed by atoms with E-state index in [0.717, 1.165) is 44.3 Å². The molecule has 2 aromatic heterocycles. The van der Waals surface area contributed by atoms with Gasteiger partial charge < -0.3 is 4.74 Å². The van der Waals surface area contributed by atoms with Crippen molar-refractivity contribution in [2.75, 3.05) is 9.80 Å². The highest BCUT2D eigenvalue weighted by Crippen LogP contribution is 2.45.